The van der Waals surface area contributed by atoms with E-state index in [1.54, 1.807) is 6.07 Å². The summed E-state index contributed by atoms with van der Waals surface area (Å²) >= 11 is 8.36. The number of carbonyl (C=O) groups excluding carboxylic acids is 1. The van der Waals surface area contributed by atoms with Crippen molar-refractivity contribution in [1.29, 1.82) is 0 Å². The van der Waals surface area contributed by atoms with Crippen LogP contribution in [0.2, 0.25) is 0 Å². The van der Waals surface area contributed by atoms with E-state index in [4.69, 9.17) is 18.0 Å². The number of rotatable bonds is 5. The molecular formula is C12H13BrFN3OS. The summed E-state index contributed by atoms with van der Waals surface area (Å²) in [7, 11) is 0. The molecule has 4 nitrogen and oxygen atoms in total. The summed E-state index contributed by atoms with van der Waals surface area (Å²) in [6, 6.07) is 3.11. The number of benzene rings is 1. The fourth-order valence-electron chi connectivity index (χ4n) is 1.94. The molecule has 1 amide bonds. The van der Waals surface area contributed by atoms with Crippen LogP contribution in [-0.2, 0) is 11.3 Å². The van der Waals surface area contributed by atoms with Gasteiger partial charge < -0.3 is 15.3 Å². The number of amides is 1. The number of nitrogens with two attached hydrogens (primary N) is 1. The van der Waals surface area contributed by atoms with Crippen LogP contribution < -0.4 is 5.73 Å². The lowest BCUT2D eigenvalue weighted by molar-refractivity contribution is -0.118. The topological polar surface area (TPSA) is 63.8 Å². The highest BCUT2D eigenvalue weighted by Gasteiger charge is 2.08. The zero-order chi connectivity index (χ0) is 14.0. The minimum atomic E-state index is -0.326. The highest BCUT2D eigenvalue weighted by Crippen LogP contribution is 2.23. The molecule has 0 aliphatic carbocycles. The molecule has 19 heavy (non-hydrogen) atoms. The lowest BCUT2D eigenvalue weighted by Crippen LogP contribution is -2.10. The van der Waals surface area contributed by atoms with Gasteiger partial charge in [0.1, 0.15) is 5.82 Å². The maximum absolute atomic E-state index is 13.6. The lowest BCUT2D eigenvalue weighted by Gasteiger charge is -2.04. The number of primary amides is 1. The molecule has 1 heterocycles. The quantitative estimate of drug-likeness (QED) is 0.645. The van der Waals surface area contributed by atoms with Crippen LogP contribution in [0.25, 0.3) is 11.0 Å². The van der Waals surface area contributed by atoms with Crippen molar-refractivity contribution in [1.82, 2.24) is 9.55 Å². The van der Waals surface area contributed by atoms with Crippen LogP contribution in [0.15, 0.2) is 16.6 Å². The Bertz CT molecular complexity index is 679. The first-order valence-corrected chi connectivity index (χ1v) is 7.05. The van der Waals surface area contributed by atoms with E-state index in [9.17, 15) is 9.18 Å². The summed E-state index contributed by atoms with van der Waals surface area (Å²) in [5.41, 5.74) is 6.59. The van der Waals surface area contributed by atoms with Gasteiger partial charge in [-0.3, -0.25) is 4.79 Å². The highest BCUT2D eigenvalue weighted by atomic mass is 79.9. The number of aryl methyl sites for hydroxylation is 1. The maximum Gasteiger partial charge on any atom is 0.217 e. The summed E-state index contributed by atoms with van der Waals surface area (Å²) in [6.45, 7) is 0.632. The third-order valence-electron chi connectivity index (χ3n) is 2.87. The number of imidazole rings is 1. The number of unbranched alkanes of at least 4 members (excludes halogenated alkanes) is 1. The minimum Gasteiger partial charge on any atom is -0.370 e. The van der Waals surface area contributed by atoms with E-state index in [0.717, 1.165) is 17.5 Å². The van der Waals surface area contributed by atoms with Gasteiger partial charge in [0, 0.05) is 19.0 Å². The summed E-state index contributed by atoms with van der Waals surface area (Å²) in [6.07, 6.45) is 1.82. The summed E-state index contributed by atoms with van der Waals surface area (Å²) in [5, 5.41) is 0. The van der Waals surface area contributed by atoms with Crippen LogP contribution in [0.4, 0.5) is 4.39 Å². The number of hydrogen-bond acceptors (Lipinski definition) is 2. The maximum atomic E-state index is 13.6. The van der Waals surface area contributed by atoms with Gasteiger partial charge in [0.15, 0.2) is 4.77 Å². The first-order valence-electron chi connectivity index (χ1n) is 5.85. The molecular weight excluding hydrogens is 333 g/mol. The van der Waals surface area contributed by atoms with Gasteiger partial charge in [-0.2, -0.15) is 0 Å². The molecule has 102 valence electrons. The van der Waals surface area contributed by atoms with Crippen LogP contribution in [0.5, 0.6) is 0 Å². The molecule has 0 aliphatic rings. The Morgan fingerprint density at radius 1 is 1.47 bits per heavy atom. The molecule has 0 aliphatic heterocycles. The fraction of sp³-hybridized carbons (Fsp3) is 0.333. The Labute approximate surface area is 122 Å². The molecule has 0 saturated carbocycles. The van der Waals surface area contributed by atoms with Crippen molar-refractivity contribution in [3.8, 4) is 0 Å². The number of aromatic nitrogens is 2. The van der Waals surface area contributed by atoms with Gasteiger partial charge in [0.2, 0.25) is 5.91 Å². The number of nitrogens with one attached hydrogen (secondary N) is 1. The van der Waals surface area contributed by atoms with E-state index >= 15 is 0 Å². The zero-order valence-corrected chi connectivity index (χ0v) is 12.5. The molecule has 7 heteroatoms. The van der Waals surface area contributed by atoms with Gasteiger partial charge in [-0.15, -0.1) is 0 Å². The Hall–Kier alpha value is -1.21. The van der Waals surface area contributed by atoms with Gasteiger partial charge >= 0.3 is 0 Å². The van der Waals surface area contributed by atoms with Gasteiger partial charge in [-0.05, 0) is 47.1 Å². The average molecular weight is 346 g/mol. The lowest BCUT2D eigenvalue weighted by atomic mass is 10.2. The van der Waals surface area contributed by atoms with Gasteiger partial charge in [-0.25, -0.2) is 4.39 Å². The van der Waals surface area contributed by atoms with Crippen molar-refractivity contribution >= 4 is 45.1 Å². The molecule has 3 N–H and O–H groups in total. The second-order valence-electron chi connectivity index (χ2n) is 4.29. The number of hydrogen-bond donors (Lipinski definition) is 2. The molecule has 0 radical (unpaired) electrons. The fourth-order valence-corrected chi connectivity index (χ4v) is 2.59. The van der Waals surface area contributed by atoms with E-state index < -0.39 is 0 Å². The van der Waals surface area contributed by atoms with Gasteiger partial charge in [0.25, 0.3) is 0 Å². The Balaban J connectivity index is 2.23. The standard InChI is InChI=1S/C12H13BrFN3OS/c13-7-5-9-10(6-8(7)14)17(12(19)16-9)4-2-1-3-11(15)18/h5-6H,1-4H2,(H2,15,18)(H,16,19). The van der Waals surface area contributed by atoms with E-state index in [1.165, 1.54) is 6.07 Å². The summed E-state index contributed by atoms with van der Waals surface area (Å²) in [4.78, 5) is 13.7. The number of H-pyrrole nitrogens is 1. The second-order valence-corrected chi connectivity index (χ2v) is 5.53. The molecule has 0 atom stereocenters. The van der Waals surface area contributed by atoms with Crippen LogP contribution in [0.1, 0.15) is 19.3 Å². The van der Waals surface area contributed by atoms with Crippen LogP contribution in [0.3, 0.4) is 0 Å². The number of aromatic amines is 1. The predicted molar refractivity (Wildman–Crippen MR) is 77.8 cm³/mol. The SMILES string of the molecule is NC(=O)CCCCn1c(=S)[nH]c2cc(Br)c(F)cc21. The number of halogens is 2. The summed E-state index contributed by atoms with van der Waals surface area (Å²) < 4.78 is 16.3. The first kappa shape index (κ1) is 14.2. The third kappa shape index (κ3) is 3.22. The van der Waals surface area contributed by atoms with E-state index in [-0.39, 0.29) is 11.7 Å². The van der Waals surface area contributed by atoms with Gasteiger partial charge in [-0.1, -0.05) is 0 Å². The van der Waals surface area contributed by atoms with Crippen molar-refractivity contribution < 1.29 is 9.18 Å². The Morgan fingerprint density at radius 2 is 2.21 bits per heavy atom. The van der Waals surface area contributed by atoms with Crippen molar-refractivity contribution in [2.45, 2.75) is 25.8 Å². The molecule has 2 rings (SSSR count). The van der Waals surface area contributed by atoms with Crippen LogP contribution >= 0.6 is 28.1 Å². The average Bonchev–Trinajstić information content (AvgIpc) is 2.61. The minimum absolute atomic E-state index is 0.308. The molecule has 1 aromatic carbocycles. The normalized spacial score (nSPS) is 11.1. The van der Waals surface area contributed by atoms with E-state index in [0.29, 0.717) is 28.6 Å². The predicted octanol–water partition coefficient (Wildman–Crippen LogP) is 3.26. The molecule has 0 spiro atoms. The van der Waals surface area contributed by atoms with Crippen molar-refractivity contribution in [2.24, 2.45) is 5.73 Å². The second kappa shape index (κ2) is 5.83. The Morgan fingerprint density at radius 3 is 2.89 bits per heavy atom. The van der Waals surface area contributed by atoms with E-state index in [1.807, 2.05) is 4.57 Å². The molecule has 0 saturated heterocycles. The third-order valence-corrected chi connectivity index (χ3v) is 3.80. The van der Waals surface area contributed by atoms with Crippen molar-refractivity contribution in [3.63, 3.8) is 0 Å². The molecule has 0 bridgehead atoms. The molecule has 1 aromatic heterocycles. The Kier molecular flexibility index (Phi) is 4.36. The van der Waals surface area contributed by atoms with Crippen LogP contribution in [-0.4, -0.2) is 15.5 Å². The largest absolute Gasteiger partial charge is 0.370 e. The first-order chi connectivity index (χ1) is 8.99. The van der Waals surface area contributed by atoms with Crippen molar-refractivity contribution in [2.75, 3.05) is 0 Å². The number of carbonyl (C=O) groups is 1. The highest BCUT2D eigenvalue weighted by molar-refractivity contribution is 9.10. The zero-order valence-electron chi connectivity index (χ0n) is 10.1. The molecule has 0 fully saturated rings. The van der Waals surface area contributed by atoms with Gasteiger partial charge in [0.05, 0.1) is 15.5 Å². The van der Waals surface area contributed by atoms with Crippen molar-refractivity contribution in [3.05, 3.63) is 27.2 Å². The monoisotopic (exact) mass is 345 g/mol. The smallest absolute Gasteiger partial charge is 0.217 e. The summed E-state index contributed by atoms with van der Waals surface area (Å²) in [5.74, 6) is -0.634. The number of fused-ring (bicyclic) bond motifs is 1. The molecule has 0 unspecified atom stereocenters. The van der Waals surface area contributed by atoms with Crippen LogP contribution in [0, 0.1) is 10.6 Å². The number of nitrogens with zero attached hydrogens (tertiary/aromatic N) is 1. The molecule has 2 aromatic rings. The van der Waals surface area contributed by atoms with E-state index in [2.05, 4.69) is 20.9 Å².